The van der Waals surface area contributed by atoms with Gasteiger partial charge in [-0.3, -0.25) is 0 Å². The molecule has 0 aromatic heterocycles. The molecule has 2 aliphatic carbocycles. The molecule has 0 aromatic rings. The number of allylic oxidation sites excluding steroid dienone is 5. The molecule has 2 rings (SSSR count). The van der Waals surface area contributed by atoms with Crippen molar-refractivity contribution in [1.82, 2.24) is 0 Å². The SMILES string of the molecule is C=C(C)C(=O)OC1=CC=CC=CC12CCCCCC2. The molecule has 1 spiro atoms. The molecule has 1 fully saturated rings. The van der Waals surface area contributed by atoms with Gasteiger partial charge in [-0.25, -0.2) is 4.79 Å². The molecular formula is C17H22O2. The summed E-state index contributed by atoms with van der Waals surface area (Å²) in [5.74, 6) is 0.464. The molecule has 2 aliphatic rings. The highest BCUT2D eigenvalue weighted by atomic mass is 16.5. The Kier molecular flexibility index (Phi) is 4.41. The maximum atomic E-state index is 11.8. The summed E-state index contributed by atoms with van der Waals surface area (Å²) in [4.78, 5) is 11.8. The van der Waals surface area contributed by atoms with Gasteiger partial charge in [-0.05, 0) is 25.8 Å². The third-order valence-electron chi connectivity index (χ3n) is 3.92. The van der Waals surface area contributed by atoms with Crippen molar-refractivity contribution in [2.24, 2.45) is 5.41 Å². The Morgan fingerprint density at radius 1 is 1.16 bits per heavy atom. The van der Waals surface area contributed by atoms with E-state index in [1.54, 1.807) is 6.92 Å². The van der Waals surface area contributed by atoms with Crippen molar-refractivity contribution in [1.29, 1.82) is 0 Å². The van der Waals surface area contributed by atoms with Crippen LogP contribution in [0.25, 0.3) is 0 Å². The number of hydrogen-bond acceptors (Lipinski definition) is 2. The third-order valence-corrected chi connectivity index (χ3v) is 3.92. The molecule has 19 heavy (non-hydrogen) atoms. The topological polar surface area (TPSA) is 26.3 Å². The van der Waals surface area contributed by atoms with Crippen molar-refractivity contribution in [3.05, 3.63) is 48.3 Å². The second-order valence-electron chi connectivity index (χ2n) is 5.52. The molecule has 0 aliphatic heterocycles. The van der Waals surface area contributed by atoms with E-state index < -0.39 is 0 Å². The molecular weight excluding hydrogens is 236 g/mol. The Balaban J connectivity index is 2.27. The second kappa shape index (κ2) is 6.05. The normalized spacial score (nSPS) is 21.4. The molecule has 102 valence electrons. The van der Waals surface area contributed by atoms with Gasteiger partial charge in [0.15, 0.2) is 0 Å². The van der Waals surface area contributed by atoms with Gasteiger partial charge in [0.2, 0.25) is 0 Å². The van der Waals surface area contributed by atoms with E-state index >= 15 is 0 Å². The molecule has 2 heteroatoms. The van der Waals surface area contributed by atoms with Crippen molar-refractivity contribution < 1.29 is 9.53 Å². The zero-order chi connectivity index (χ0) is 13.7. The quantitative estimate of drug-likeness (QED) is 0.540. The Morgan fingerprint density at radius 3 is 2.47 bits per heavy atom. The lowest BCUT2D eigenvalue weighted by atomic mass is 9.78. The number of hydrogen-bond donors (Lipinski definition) is 0. The monoisotopic (exact) mass is 258 g/mol. The number of carbonyl (C=O) groups excluding carboxylic acids is 1. The van der Waals surface area contributed by atoms with Gasteiger partial charge < -0.3 is 4.74 Å². The van der Waals surface area contributed by atoms with Crippen LogP contribution in [-0.4, -0.2) is 5.97 Å². The number of rotatable bonds is 2. The lowest BCUT2D eigenvalue weighted by Gasteiger charge is -2.31. The van der Waals surface area contributed by atoms with Crippen LogP contribution in [0.5, 0.6) is 0 Å². The summed E-state index contributed by atoms with van der Waals surface area (Å²) in [5, 5.41) is 0. The predicted molar refractivity (Wildman–Crippen MR) is 77.4 cm³/mol. The molecule has 2 nitrogen and oxygen atoms in total. The molecule has 0 unspecified atom stereocenters. The van der Waals surface area contributed by atoms with Gasteiger partial charge in [0, 0.05) is 11.0 Å². The van der Waals surface area contributed by atoms with E-state index in [1.807, 2.05) is 18.2 Å². The van der Waals surface area contributed by atoms with E-state index in [1.165, 1.54) is 25.7 Å². The van der Waals surface area contributed by atoms with E-state index in [0.717, 1.165) is 18.6 Å². The van der Waals surface area contributed by atoms with Crippen molar-refractivity contribution in [3.8, 4) is 0 Å². The van der Waals surface area contributed by atoms with Crippen molar-refractivity contribution in [3.63, 3.8) is 0 Å². The smallest absolute Gasteiger partial charge is 0.338 e. The van der Waals surface area contributed by atoms with Gasteiger partial charge in [0.05, 0.1) is 0 Å². The summed E-state index contributed by atoms with van der Waals surface area (Å²) in [7, 11) is 0. The first kappa shape index (κ1) is 13.9. The van der Waals surface area contributed by atoms with Gasteiger partial charge in [0.1, 0.15) is 5.76 Å². The molecule has 0 aromatic carbocycles. The van der Waals surface area contributed by atoms with E-state index in [0.29, 0.717) is 5.57 Å². The van der Waals surface area contributed by atoms with Crippen LogP contribution in [0.2, 0.25) is 0 Å². The Morgan fingerprint density at radius 2 is 1.84 bits per heavy atom. The molecule has 0 radical (unpaired) electrons. The molecule has 0 N–H and O–H groups in total. The molecule has 0 heterocycles. The fourth-order valence-electron chi connectivity index (χ4n) is 2.79. The largest absolute Gasteiger partial charge is 0.427 e. The second-order valence-corrected chi connectivity index (χ2v) is 5.52. The van der Waals surface area contributed by atoms with Crippen LogP contribution in [0.1, 0.15) is 45.4 Å². The summed E-state index contributed by atoms with van der Waals surface area (Å²) < 4.78 is 5.60. The lowest BCUT2D eigenvalue weighted by molar-refractivity contribution is -0.136. The first-order chi connectivity index (χ1) is 9.14. The van der Waals surface area contributed by atoms with Crippen molar-refractivity contribution in [2.45, 2.75) is 45.4 Å². The maximum absolute atomic E-state index is 11.8. The van der Waals surface area contributed by atoms with Gasteiger partial charge in [-0.1, -0.05) is 56.6 Å². The van der Waals surface area contributed by atoms with E-state index in [2.05, 4.69) is 18.7 Å². The molecule has 0 amide bonds. The van der Waals surface area contributed by atoms with Gasteiger partial charge in [0.25, 0.3) is 0 Å². The highest BCUT2D eigenvalue weighted by Crippen LogP contribution is 2.44. The minimum atomic E-state index is -0.321. The average Bonchev–Trinajstić information content (AvgIpc) is 2.72. The molecule has 0 atom stereocenters. The highest BCUT2D eigenvalue weighted by molar-refractivity contribution is 5.87. The summed E-state index contributed by atoms with van der Waals surface area (Å²) in [5.41, 5.74) is 0.340. The Labute approximate surface area is 115 Å². The summed E-state index contributed by atoms with van der Waals surface area (Å²) in [6.45, 7) is 5.34. The minimum Gasteiger partial charge on any atom is -0.427 e. The third kappa shape index (κ3) is 3.25. The number of carbonyl (C=O) groups is 1. The predicted octanol–water partition coefficient (Wildman–Crippen LogP) is 4.46. The van der Waals surface area contributed by atoms with Gasteiger partial charge >= 0.3 is 5.97 Å². The Hall–Kier alpha value is -1.57. The number of esters is 1. The standard InChI is InChI=1S/C17H22O2/c1-14(2)16(18)19-15-10-6-5-9-13-17(15)11-7-3-4-8-12-17/h5-6,9-10,13H,1,3-4,7-8,11-12H2,2H3. The lowest BCUT2D eigenvalue weighted by Crippen LogP contribution is -2.24. The fourth-order valence-corrected chi connectivity index (χ4v) is 2.79. The molecule has 1 saturated carbocycles. The first-order valence-corrected chi connectivity index (χ1v) is 7.08. The van der Waals surface area contributed by atoms with Gasteiger partial charge in [-0.2, -0.15) is 0 Å². The van der Waals surface area contributed by atoms with Crippen molar-refractivity contribution in [2.75, 3.05) is 0 Å². The zero-order valence-corrected chi connectivity index (χ0v) is 11.7. The van der Waals surface area contributed by atoms with Crippen LogP contribution < -0.4 is 0 Å². The average molecular weight is 258 g/mol. The van der Waals surface area contributed by atoms with E-state index in [9.17, 15) is 4.79 Å². The summed E-state index contributed by atoms with van der Waals surface area (Å²) in [6, 6.07) is 0. The molecule has 0 saturated heterocycles. The van der Waals surface area contributed by atoms with E-state index in [-0.39, 0.29) is 11.4 Å². The minimum absolute atomic E-state index is 0.106. The van der Waals surface area contributed by atoms with Crippen LogP contribution >= 0.6 is 0 Å². The van der Waals surface area contributed by atoms with Crippen LogP contribution in [0.4, 0.5) is 0 Å². The highest BCUT2D eigenvalue weighted by Gasteiger charge is 2.35. The molecule has 0 bridgehead atoms. The maximum Gasteiger partial charge on any atom is 0.338 e. The van der Waals surface area contributed by atoms with Crippen LogP contribution in [0.15, 0.2) is 48.3 Å². The summed E-state index contributed by atoms with van der Waals surface area (Å²) >= 11 is 0. The van der Waals surface area contributed by atoms with E-state index in [4.69, 9.17) is 4.74 Å². The Bertz CT molecular complexity index is 444. The zero-order valence-electron chi connectivity index (χ0n) is 11.7. The number of ether oxygens (including phenoxy) is 1. The van der Waals surface area contributed by atoms with Crippen LogP contribution in [0, 0.1) is 5.41 Å². The summed E-state index contributed by atoms with van der Waals surface area (Å²) in [6.07, 6.45) is 17.2. The van der Waals surface area contributed by atoms with Gasteiger partial charge in [-0.15, -0.1) is 0 Å². The van der Waals surface area contributed by atoms with Crippen LogP contribution in [-0.2, 0) is 9.53 Å². The first-order valence-electron chi connectivity index (χ1n) is 7.08. The fraction of sp³-hybridized carbons (Fsp3) is 0.471. The van der Waals surface area contributed by atoms with Crippen molar-refractivity contribution >= 4 is 5.97 Å². The van der Waals surface area contributed by atoms with Crippen LogP contribution in [0.3, 0.4) is 0 Å².